The molecule has 6 nitrogen and oxygen atoms in total. The first kappa shape index (κ1) is 17.6. The van der Waals surface area contributed by atoms with Crippen LogP contribution in [0.2, 0.25) is 0 Å². The summed E-state index contributed by atoms with van der Waals surface area (Å²) in [4.78, 5) is 30.0. The second-order valence-corrected chi connectivity index (χ2v) is 8.55. The van der Waals surface area contributed by atoms with Gasteiger partial charge in [0.15, 0.2) is 0 Å². The van der Waals surface area contributed by atoms with E-state index in [1.165, 1.54) is 32.1 Å². The Morgan fingerprint density at radius 3 is 2.77 bits per heavy atom. The van der Waals surface area contributed by atoms with Gasteiger partial charge in [0.05, 0.1) is 5.41 Å². The molecule has 3 heterocycles. The van der Waals surface area contributed by atoms with Crippen molar-refractivity contribution in [1.29, 1.82) is 0 Å². The summed E-state index contributed by atoms with van der Waals surface area (Å²) in [5, 5.41) is 6.93. The van der Waals surface area contributed by atoms with E-state index >= 15 is 0 Å². The van der Waals surface area contributed by atoms with Crippen LogP contribution in [0.1, 0.15) is 67.5 Å². The lowest BCUT2D eigenvalue weighted by molar-refractivity contribution is -0.146. The molecule has 1 aromatic heterocycles. The van der Waals surface area contributed by atoms with Crippen LogP contribution in [0.3, 0.4) is 0 Å². The Kier molecular flexibility index (Phi) is 4.76. The van der Waals surface area contributed by atoms with E-state index in [1.807, 2.05) is 11.8 Å². The van der Waals surface area contributed by atoms with E-state index < -0.39 is 0 Å². The Hall–Kier alpha value is -1.85. The minimum Gasteiger partial charge on any atom is -0.342 e. The fraction of sp³-hybridized carbons (Fsp3) is 0.750. The topological polar surface area (TPSA) is 69.3 Å². The summed E-state index contributed by atoms with van der Waals surface area (Å²) in [6.45, 7) is 4.92. The van der Waals surface area contributed by atoms with Crippen molar-refractivity contribution < 1.29 is 9.59 Å². The van der Waals surface area contributed by atoms with Crippen LogP contribution in [0, 0.1) is 18.3 Å². The molecule has 1 saturated carbocycles. The molecule has 0 bridgehead atoms. The molecule has 0 radical (unpaired) electrons. The van der Waals surface area contributed by atoms with Gasteiger partial charge in [-0.15, -0.1) is 0 Å². The number of aromatic nitrogens is 2. The first-order valence-corrected chi connectivity index (χ1v) is 10.2. The van der Waals surface area contributed by atoms with Crippen LogP contribution in [0.4, 0.5) is 0 Å². The van der Waals surface area contributed by atoms with Gasteiger partial charge in [-0.05, 0) is 51.0 Å². The minimum absolute atomic E-state index is 0.0524. The highest BCUT2D eigenvalue weighted by molar-refractivity contribution is 5.94. The molecule has 1 N–H and O–H groups in total. The quantitative estimate of drug-likeness (QED) is 0.903. The molecule has 0 aromatic carbocycles. The highest BCUT2D eigenvalue weighted by Crippen LogP contribution is 2.41. The number of carbonyl (C=O) groups is 2. The predicted molar refractivity (Wildman–Crippen MR) is 98.7 cm³/mol. The highest BCUT2D eigenvalue weighted by atomic mass is 16.2. The van der Waals surface area contributed by atoms with Gasteiger partial charge in [-0.3, -0.25) is 14.7 Å². The van der Waals surface area contributed by atoms with E-state index in [2.05, 4.69) is 15.1 Å². The minimum atomic E-state index is -0.353. The number of rotatable bonds is 3. The fourth-order valence-electron chi connectivity index (χ4n) is 5.12. The van der Waals surface area contributed by atoms with Crippen molar-refractivity contribution in [1.82, 2.24) is 20.0 Å². The highest BCUT2D eigenvalue weighted by Gasteiger charge is 2.49. The summed E-state index contributed by atoms with van der Waals surface area (Å²) in [6, 6.07) is 1.78. The number of amides is 2. The molecule has 3 aliphatic rings. The summed E-state index contributed by atoms with van der Waals surface area (Å²) < 4.78 is 0. The molecular weight excluding hydrogens is 328 g/mol. The second-order valence-electron chi connectivity index (χ2n) is 8.55. The molecule has 1 aromatic rings. The van der Waals surface area contributed by atoms with Crippen molar-refractivity contribution in [2.75, 3.05) is 26.2 Å². The molecule has 26 heavy (non-hydrogen) atoms. The van der Waals surface area contributed by atoms with Crippen LogP contribution in [-0.4, -0.2) is 58.0 Å². The van der Waals surface area contributed by atoms with Gasteiger partial charge in [-0.25, -0.2) is 0 Å². The zero-order chi connectivity index (χ0) is 18.1. The van der Waals surface area contributed by atoms with Crippen LogP contribution in [0.25, 0.3) is 0 Å². The van der Waals surface area contributed by atoms with Crippen LogP contribution in [0.5, 0.6) is 0 Å². The fourth-order valence-corrected chi connectivity index (χ4v) is 5.12. The molecule has 142 valence electrons. The first-order valence-electron chi connectivity index (χ1n) is 10.2. The van der Waals surface area contributed by atoms with Crippen molar-refractivity contribution in [3.05, 3.63) is 17.5 Å². The van der Waals surface area contributed by atoms with Gasteiger partial charge in [-0.1, -0.05) is 19.3 Å². The Bertz CT molecular complexity index is 679. The SMILES string of the molecule is Cc1cc(C(=O)N2CC[C@@]3(CCCN(CC4CCCCC4)C3=O)C2)n[nH]1. The van der Waals surface area contributed by atoms with E-state index in [9.17, 15) is 9.59 Å². The van der Waals surface area contributed by atoms with Crippen LogP contribution in [-0.2, 0) is 4.79 Å². The van der Waals surface area contributed by atoms with Gasteiger partial charge in [0.25, 0.3) is 5.91 Å². The number of hydrogen-bond donors (Lipinski definition) is 1. The standard InChI is InChI=1S/C20H30N4O2/c1-15-12-17(22-21-15)18(25)24-11-9-20(14-24)8-5-10-23(19(20)26)13-16-6-3-2-4-7-16/h12,16H,2-11,13-14H2,1H3,(H,21,22)/t20-/m0/s1. The van der Waals surface area contributed by atoms with Gasteiger partial charge in [0.1, 0.15) is 5.69 Å². The molecule has 1 spiro atoms. The molecule has 1 atom stereocenters. The Balaban J connectivity index is 1.42. The summed E-state index contributed by atoms with van der Waals surface area (Å²) in [6.07, 6.45) is 9.25. The monoisotopic (exact) mass is 358 g/mol. The molecule has 6 heteroatoms. The average molecular weight is 358 g/mol. The molecule has 2 saturated heterocycles. The van der Waals surface area contributed by atoms with Crippen molar-refractivity contribution in [2.24, 2.45) is 11.3 Å². The Morgan fingerprint density at radius 2 is 2.04 bits per heavy atom. The molecule has 0 unspecified atom stereocenters. The summed E-state index contributed by atoms with van der Waals surface area (Å²) in [5.41, 5.74) is 0.991. The van der Waals surface area contributed by atoms with Gasteiger partial charge in [0, 0.05) is 31.9 Å². The number of likely N-dealkylation sites (tertiary alicyclic amines) is 2. The van der Waals surface area contributed by atoms with Crippen LogP contribution >= 0.6 is 0 Å². The van der Waals surface area contributed by atoms with Crippen molar-refractivity contribution in [3.63, 3.8) is 0 Å². The lowest BCUT2D eigenvalue weighted by Gasteiger charge is -2.41. The zero-order valence-electron chi connectivity index (χ0n) is 15.8. The molecule has 3 fully saturated rings. The number of aromatic amines is 1. The summed E-state index contributed by atoms with van der Waals surface area (Å²) in [7, 11) is 0. The summed E-state index contributed by atoms with van der Waals surface area (Å²) >= 11 is 0. The zero-order valence-corrected chi connectivity index (χ0v) is 15.8. The maximum atomic E-state index is 13.3. The third-order valence-corrected chi connectivity index (χ3v) is 6.59. The maximum Gasteiger partial charge on any atom is 0.274 e. The first-order chi connectivity index (χ1) is 12.6. The summed E-state index contributed by atoms with van der Waals surface area (Å²) in [5.74, 6) is 0.917. The van der Waals surface area contributed by atoms with E-state index in [0.717, 1.165) is 38.0 Å². The van der Waals surface area contributed by atoms with Gasteiger partial charge < -0.3 is 9.80 Å². The van der Waals surface area contributed by atoms with E-state index in [4.69, 9.17) is 0 Å². The number of nitrogens with zero attached hydrogens (tertiary/aromatic N) is 3. The predicted octanol–water partition coefficient (Wildman–Crippen LogP) is 2.75. The largest absolute Gasteiger partial charge is 0.342 e. The van der Waals surface area contributed by atoms with E-state index in [0.29, 0.717) is 30.6 Å². The van der Waals surface area contributed by atoms with Gasteiger partial charge >= 0.3 is 0 Å². The lowest BCUT2D eigenvalue weighted by atomic mass is 9.77. The Morgan fingerprint density at radius 1 is 1.23 bits per heavy atom. The van der Waals surface area contributed by atoms with Crippen molar-refractivity contribution in [2.45, 2.75) is 58.3 Å². The van der Waals surface area contributed by atoms with Crippen molar-refractivity contribution in [3.8, 4) is 0 Å². The van der Waals surface area contributed by atoms with E-state index in [-0.39, 0.29) is 11.3 Å². The molecular formula is C20H30N4O2. The maximum absolute atomic E-state index is 13.3. The smallest absolute Gasteiger partial charge is 0.274 e. The lowest BCUT2D eigenvalue weighted by Crippen LogP contribution is -2.51. The van der Waals surface area contributed by atoms with Gasteiger partial charge in [-0.2, -0.15) is 5.10 Å². The third-order valence-electron chi connectivity index (χ3n) is 6.59. The number of carbonyl (C=O) groups excluding carboxylic acids is 2. The molecule has 2 aliphatic heterocycles. The number of piperidine rings is 1. The average Bonchev–Trinajstić information content (AvgIpc) is 3.27. The number of aryl methyl sites for hydroxylation is 1. The molecule has 4 rings (SSSR count). The number of hydrogen-bond acceptors (Lipinski definition) is 3. The normalized spacial score (nSPS) is 27.5. The van der Waals surface area contributed by atoms with E-state index in [1.54, 1.807) is 6.07 Å². The molecule has 1 aliphatic carbocycles. The second kappa shape index (κ2) is 7.05. The number of H-pyrrole nitrogens is 1. The van der Waals surface area contributed by atoms with Gasteiger partial charge in [0.2, 0.25) is 5.91 Å². The van der Waals surface area contributed by atoms with Crippen LogP contribution < -0.4 is 0 Å². The van der Waals surface area contributed by atoms with Crippen LogP contribution in [0.15, 0.2) is 6.07 Å². The van der Waals surface area contributed by atoms with Crippen molar-refractivity contribution >= 4 is 11.8 Å². The Labute approximate surface area is 155 Å². The molecule has 2 amide bonds. The third kappa shape index (κ3) is 3.26. The number of nitrogens with one attached hydrogen (secondary N) is 1.